The Morgan fingerprint density at radius 2 is 1.86 bits per heavy atom. The highest BCUT2D eigenvalue weighted by Gasteiger charge is 2.30. The van der Waals surface area contributed by atoms with Gasteiger partial charge in [0.25, 0.3) is 0 Å². The standard InChI is InChI=1S/C14H17F3O3S/c1-3-11(13(19)20-4-2)12(18)9-5-7-10(8-6-9)21-14(15,16)17/h5-8,11-12,18H,3-4H2,1-2H3. The average Bonchev–Trinajstić information content (AvgIpc) is 2.38. The van der Waals surface area contributed by atoms with Gasteiger partial charge in [0.1, 0.15) is 0 Å². The molecule has 0 aliphatic rings. The molecule has 3 nitrogen and oxygen atoms in total. The van der Waals surface area contributed by atoms with E-state index in [2.05, 4.69) is 0 Å². The van der Waals surface area contributed by atoms with E-state index in [-0.39, 0.29) is 23.3 Å². The first-order chi connectivity index (χ1) is 9.78. The van der Waals surface area contributed by atoms with E-state index >= 15 is 0 Å². The molecule has 0 aliphatic heterocycles. The fraction of sp³-hybridized carbons (Fsp3) is 0.500. The topological polar surface area (TPSA) is 46.5 Å². The molecular weight excluding hydrogens is 305 g/mol. The van der Waals surface area contributed by atoms with Crippen LogP contribution in [0.1, 0.15) is 31.9 Å². The number of ether oxygens (including phenoxy) is 1. The Labute approximate surface area is 125 Å². The SMILES string of the molecule is CCOC(=O)C(CC)C(O)c1ccc(SC(F)(F)F)cc1. The maximum atomic E-state index is 12.2. The van der Waals surface area contributed by atoms with Crippen molar-refractivity contribution in [1.29, 1.82) is 0 Å². The maximum absolute atomic E-state index is 12.2. The van der Waals surface area contributed by atoms with Gasteiger partial charge in [0, 0.05) is 4.90 Å². The molecule has 2 unspecified atom stereocenters. The molecule has 0 bridgehead atoms. The van der Waals surface area contributed by atoms with Gasteiger partial charge in [-0.05, 0) is 42.8 Å². The number of esters is 1. The van der Waals surface area contributed by atoms with Crippen LogP contribution in [0.5, 0.6) is 0 Å². The van der Waals surface area contributed by atoms with Crippen molar-refractivity contribution >= 4 is 17.7 Å². The van der Waals surface area contributed by atoms with E-state index in [1.54, 1.807) is 13.8 Å². The second-order valence-corrected chi connectivity index (χ2v) is 5.47. The lowest BCUT2D eigenvalue weighted by Crippen LogP contribution is -2.24. The molecule has 7 heteroatoms. The molecule has 0 saturated heterocycles. The number of rotatable bonds is 6. The number of benzene rings is 1. The predicted octanol–water partition coefficient (Wildman–Crippen LogP) is 3.92. The van der Waals surface area contributed by atoms with Crippen LogP contribution >= 0.6 is 11.8 Å². The molecule has 0 saturated carbocycles. The van der Waals surface area contributed by atoms with Crippen LogP contribution in [0.4, 0.5) is 13.2 Å². The van der Waals surface area contributed by atoms with Gasteiger partial charge in [-0.3, -0.25) is 4.79 Å². The summed E-state index contributed by atoms with van der Waals surface area (Å²) in [5.74, 6) is -1.24. The summed E-state index contributed by atoms with van der Waals surface area (Å²) >= 11 is -0.224. The Bertz CT molecular complexity index is 460. The number of carbonyl (C=O) groups is 1. The van der Waals surface area contributed by atoms with Gasteiger partial charge in [0.2, 0.25) is 0 Å². The largest absolute Gasteiger partial charge is 0.466 e. The van der Waals surface area contributed by atoms with Gasteiger partial charge in [-0.1, -0.05) is 19.1 Å². The molecule has 0 radical (unpaired) electrons. The molecule has 118 valence electrons. The minimum atomic E-state index is -4.35. The number of alkyl halides is 3. The molecule has 0 amide bonds. The summed E-state index contributed by atoms with van der Waals surface area (Å²) in [6, 6.07) is 5.32. The monoisotopic (exact) mass is 322 g/mol. The fourth-order valence-corrected chi connectivity index (χ4v) is 2.41. The van der Waals surface area contributed by atoms with E-state index in [0.29, 0.717) is 12.0 Å². The Morgan fingerprint density at radius 1 is 1.29 bits per heavy atom. The highest BCUT2D eigenvalue weighted by atomic mass is 32.2. The van der Waals surface area contributed by atoms with Crippen LogP contribution in [0.25, 0.3) is 0 Å². The van der Waals surface area contributed by atoms with Crippen LogP contribution in [-0.2, 0) is 9.53 Å². The van der Waals surface area contributed by atoms with E-state index in [1.165, 1.54) is 24.3 Å². The van der Waals surface area contributed by atoms with Gasteiger partial charge >= 0.3 is 11.5 Å². The van der Waals surface area contributed by atoms with Gasteiger partial charge in [-0.15, -0.1) is 0 Å². The number of thioether (sulfide) groups is 1. The molecule has 0 aromatic heterocycles. The lowest BCUT2D eigenvalue weighted by Gasteiger charge is -2.20. The number of halogens is 3. The third kappa shape index (κ3) is 5.59. The lowest BCUT2D eigenvalue weighted by molar-refractivity contribution is -0.152. The normalized spacial score (nSPS) is 14.6. The Hall–Kier alpha value is -1.21. The van der Waals surface area contributed by atoms with Gasteiger partial charge < -0.3 is 9.84 Å². The van der Waals surface area contributed by atoms with Crippen molar-refractivity contribution < 1.29 is 27.8 Å². The van der Waals surface area contributed by atoms with E-state index in [0.717, 1.165) is 0 Å². The first kappa shape index (κ1) is 17.8. The van der Waals surface area contributed by atoms with E-state index < -0.39 is 23.5 Å². The van der Waals surface area contributed by atoms with Crippen LogP contribution in [0.2, 0.25) is 0 Å². The molecular formula is C14H17F3O3S. The summed E-state index contributed by atoms with van der Waals surface area (Å²) in [5.41, 5.74) is -3.96. The first-order valence-electron chi connectivity index (χ1n) is 6.48. The molecule has 1 aromatic carbocycles. The number of hydrogen-bond donors (Lipinski definition) is 1. The van der Waals surface area contributed by atoms with Gasteiger partial charge in [0.15, 0.2) is 0 Å². The zero-order valence-corrected chi connectivity index (χ0v) is 12.5. The third-order valence-corrected chi connectivity index (χ3v) is 3.60. The molecule has 1 N–H and O–H groups in total. The Kier molecular flexibility index (Phi) is 6.54. The zero-order chi connectivity index (χ0) is 16.0. The summed E-state index contributed by atoms with van der Waals surface area (Å²) in [6.07, 6.45) is -0.724. The van der Waals surface area contributed by atoms with Crippen LogP contribution in [0, 0.1) is 5.92 Å². The number of aliphatic hydroxyl groups is 1. The number of aliphatic hydroxyl groups excluding tert-OH is 1. The quantitative estimate of drug-likeness (QED) is 0.637. The Balaban J connectivity index is 2.82. The van der Waals surface area contributed by atoms with E-state index in [4.69, 9.17) is 4.74 Å². The van der Waals surface area contributed by atoms with Crippen molar-refractivity contribution in [2.45, 2.75) is 36.8 Å². The molecule has 0 spiro atoms. The van der Waals surface area contributed by atoms with Crippen LogP contribution in [-0.4, -0.2) is 23.2 Å². The summed E-state index contributed by atoms with van der Waals surface area (Å²) in [4.78, 5) is 11.7. The predicted molar refractivity (Wildman–Crippen MR) is 73.7 cm³/mol. The minimum Gasteiger partial charge on any atom is -0.466 e. The molecule has 2 atom stereocenters. The molecule has 0 fully saturated rings. The van der Waals surface area contributed by atoms with Crippen LogP contribution in [0.3, 0.4) is 0 Å². The van der Waals surface area contributed by atoms with Crippen molar-refractivity contribution in [3.8, 4) is 0 Å². The smallest absolute Gasteiger partial charge is 0.446 e. The second-order valence-electron chi connectivity index (χ2n) is 4.33. The average molecular weight is 322 g/mol. The number of hydrogen-bond acceptors (Lipinski definition) is 4. The minimum absolute atomic E-state index is 0.0302. The second kappa shape index (κ2) is 7.70. The van der Waals surface area contributed by atoms with Crippen molar-refractivity contribution in [2.75, 3.05) is 6.61 Å². The molecule has 1 rings (SSSR count). The number of carbonyl (C=O) groups excluding carboxylic acids is 1. The van der Waals surface area contributed by atoms with Crippen molar-refractivity contribution in [3.63, 3.8) is 0 Å². The highest BCUT2D eigenvalue weighted by molar-refractivity contribution is 8.00. The summed E-state index contributed by atoms with van der Waals surface area (Å²) < 4.78 is 41.6. The highest BCUT2D eigenvalue weighted by Crippen LogP contribution is 2.37. The summed E-state index contributed by atoms with van der Waals surface area (Å²) in [6.45, 7) is 3.61. The zero-order valence-electron chi connectivity index (χ0n) is 11.7. The van der Waals surface area contributed by atoms with Crippen molar-refractivity contribution in [3.05, 3.63) is 29.8 Å². The van der Waals surface area contributed by atoms with Gasteiger partial charge in [-0.25, -0.2) is 0 Å². The van der Waals surface area contributed by atoms with Crippen LogP contribution in [0.15, 0.2) is 29.2 Å². The first-order valence-corrected chi connectivity index (χ1v) is 7.30. The molecule has 21 heavy (non-hydrogen) atoms. The Morgan fingerprint density at radius 3 is 2.29 bits per heavy atom. The third-order valence-electron chi connectivity index (χ3n) is 2.87. The van der Waals surface area contributed by atoms with E-state index in [9.17, 15) is 23.1 Å². The summed E-state index contributed by atoms with van der Waals surface area (Å²) in [7, 11) is 0. The molecule has 1 aromatic rings. The van der Waals surface area contributed by atoms with Gasteiger partial charge in [-0.2, -0.15) is 13.2 Å². The van der Waals surface area contributed by atoms with Crippen LogP contribution < -0.4 is 0 Å². The van der Waals surface area contributed by atoms with E-state index in [1.807, 2.05) is 0 Å². The fourth-order valence-electron chi connectivity index (χ4n) is 1.87. The van der Waals surface area contributed by atoms with Crippen molar-refractivity contribution in [1.82, 2.24) is 0 Å². The molecule has 0 aliphatic carbocycles. The maximum Gasteiger partial charge on any atom is 0.446 e. The molecule has 0 heterocycles. The van der Waals surface area contributed by atoms with Crippen molar-refractivity contribution in [2.24, 2.45) is 5.92 Å². The van der Waals surface area contributed by atoms with Gasteiger partial charge in [0.05, 0.1) is 18.6 Å². The summed E-state index contributed by atoms with van der Waals surface area (Å²) in [5, 5.41) is 10.2. The lowest BCUT2D eigenvalue weighted by atomic mass is 9.93.